The highest BCUT2D eigenvalue weighted by molar-refractivity contribution is 5.91. The number of carbonyl (C=O) groups is 1. The summed E-state index contributed by atoms with van der Waals surface area (Å²) in [5.74, 6) is 0.0367. The van der Waals surface area contributed by atoms with E-state index in [1.165, 1.54) is 13.0 Å². The first-order valence-corrected chi connectivity index (χ1v) is 3.96. The molecule has 3 heteroatoms. The van der Waals surface area contributed by atoms with Crippen molar-refractivity contribution in [1.82, 2.24) is 9.97 Å². The van der Waals surface area contributed by atoms with Gasteiger partial charge in [0.1, 0.15) is 0 Å². The van der Waals surface area contributed by atoms with E-state index in [2.05, 4.69) is 9.97 Å². The zero-order valence-corrected chi connectivity index (χ0v) is 7.66. The lowest BCUT2D eigenvalue weighted by atomic mass is 10.3. The Morgan fingerprint density at radius 3 is 2.67 bits per heavy atom. The molecule has 0 aromatic carbocycles. The molecule has 0 bridgehead atoms. The van der Waals surface area contributed by atoms with E-state index in [1.807, 2.05) is 13.8 Å². The molecule has 0 spiro atoms. The number of hydrogen-bond acceptors (Lipinski definition) is 2. The van der Waals surface area contributed by atoms with Gasteiger partial charge in [0.2, 0.25) is 0 Å². The quantitative estimate of drug-likeness (QED) is 0.683. The van der Waals surface area contributed by atoms with Gasteiger partial charge in [-0.1, -0.05) is 13.8 Å². The van der Waals surface area contributed by atoms with Crippen molar-refractivity contribution in [2.45, 2.75) is 20.8 Å². The van der Waals surface area contributed by atoms with Crippen LogP contribution in [0.2, 0.25) is 0 Å². The number of H-pyrrole nitrogens is 1. The zero-order valence-electron chi connectivity index (χ0n) is 7.66. The van der Waals surface area contributed by atoms with Crippen LogP contribution in [0.15, 0.2) is 18.6 Å². The molecule has 0 aliphatic carbocycles. The Hall–Kier alpha value is -1.38. The van der Waals surface area contributed by atoms with Gasteiger partial charge in [0.25, 0.3) is 0 Å². The summed E-state index contributed by atoms with van der Waals surface area (Å²) in [5.41, 5.74) is 0.843. The molecule has 1 rings (SSSR count). The zero-order chi connectivity index (χ0) is 9.40. The summed E-state index contributed by atoms with van der Waals surface area (Å²) in [6.45, 7) is 5.51. The SMILES string of the molecule is CC.CC(=O)/C=C/c1cnc[nH]1. The number of aromatic amines is 1. The van der Waals surface area contributed by atoms with Crippen LogP contribution in [0.4, 0.5) is 0 Å². The molecule has 0 radical (unpaired) electrons. The highest BCUT2D eigenvalue weighted by atomic mass is 16.1. The third kappa shape index (κ3) is 4.44. The Bertz CT molecular complexity index is 237. The summed E-state index contributed by atoms with van der Waals surface area (Å²) in [5, 5.41) is 0. The molecule has 1 heterocycles. The van der Waals surface area contributed by atoms with Gasteiger partial charge in [0.15, 0.2) is 5.78 Å². The molecular formula is C9H14N2O. The van der Waals surface area contributed by atoms with Crippen molar-refractivity contribution in [1.29, 1.82) is 0 Å². The Morgan fingerprint density at radius 2 is 2.25 bits per heavy atom. The Balaban J connectivity index is 0.000000561. The molecule has 1 aromatic rings. The first-order valence-electron chi connectivity index (χ1n) is 3.96. The lowest BCUT2D eigenvalue weighted by Crippen LogP contribution is -1.79. The second kappa shape index (κ2) is 6.34. The number of rotatable bonds is 2. The standard InChI is InChI=1S/C7H8N2O.C2H6/c1-6(10)2-3-7-4-8-5-9-7;1-2/h2-5H,1H3,(H,8,9);1-2H3/b3-2+;. The van der Waals surface area contributed by atoms with Gasteiger partial charge >= 0.3 is 0 Å². The predicted octanol–water partition coefficient (Wildman–Crippen LogP) is 2.04. The van der Waals surface area contributed by atoms with Crippen LogP contribution in [0.5, 0.6) is 0 Å². The molecule has 0 saturated heterocycles. The van der Waals surface area contributed by atoms with Crippen molar-refractivity contribution < 1.29 is 4.79 Å². The van der Waals surface area contributed by atoms with Crippen LogP contribution in [-0.2, 0) is 4.79 Å². The second-order valence-electron chi connectivity index (χ2n) is 1.95. The molecule has 0 fully saturated rings. The summed E-state index contributed by atoms with van der Waals surface area (Å²) < 4.78 is 0. The predicted molar refractivity (Wildman–Crippen MR) is 49.7 cm³/mol. The molecule has 0 atom stereocenters. The molecule has 0 unspecified atom stereocenters. The number of aromatic nitrogens is 2. The maximum atomic E-state index is 10.4. The minimum absolute atomic E-state index is 0.0367. The summed E-state index contributed by atoms with van der Waals surface area (Å²) in [6.07, 6.45) is 6.40. The lowest BCUT2D eigenvalue weighted by molar-refractivity contribution is -0.112. The first kappa shape index (κ1) is 10.6. The summed E-state index contributed by atoms with van der Waals surface area (Å²) in [4.78, 5) is 17.0. The summed E-state index contributed by atoms with van der Waals surface area (Å²) in [6, 6.07) is 0. The molecule has 1 N–H and O–H groups in total. The fraction of sp³-hybridized carbons (Fsp3) is 0.333. The van der Waals surface area contributed by atoms with Gasteiger partial charge in [0, 0.05) is 0 Å². The van der Waals surface area contributed by atoms with Gasteiger partial charge in [-0.3, -0.25) is 4.79 Å². The van der Waals surface area contributed by atoms with E-state index in [0.29, 0.717) is 0 Å². The molecule has 3 nitrogen and oxygen atoms in total. The van der Waals surface area contributed by atoms with E-state index >= 15 is 0 Å². The van der Waals surface area contributed by atoms with Gasteiger partial charge < -0.3 is 4.98 Å². The fourth-order valence-corrected chi connectivity index (χ4v) is 0.565. The number of carbonyl (C=O) groups excluding carboxylic acids is 1. The normalized spacial score (nSPS) is 9.25. The van der Waals surface area contributed by atoms with Gasteiger partial charge in [-0.05, 0) is 19.1 Å². The van der Waals surface area contributed by atoms with Crippen LogP contribution in [0.3, 0.4) is 0 Å². The average molecular weight is 166 g/mol. The van der Waals surface area contributed by atoms with Crippen LogP contribution in [-0.4, -0.2) is 15.8 Å². The second-order valence-corrected chi connectivity index (χ2v) is 1.95. The number of ketones is 1. The van der Waals surface area contributed by atoms with E-state index in [-0.39, 0.29) is 5.78 Å². The summed E-state index contributed by atoms with van der Waals surface area (Å²) in [7, 11) is 0. The van der Waals surface area contributed by atoms with Crippen molar-refractivity contribution in [3.8, 4) is 0 Å². The maximum Gasteiger partial charge on any atom is 0.152 e. The minimum Gasteiger partial charge on any atom is -0.345 e. The van der Waals surface area contributed by atoms with Crippen LogP contribution in [0.1, 0.15) is 26.5 Å². The van der Waals surface area contributed by atoms with Crippen LogP contribution >= 0.6 is 0 Å². The number of nitrogens with one attached hydrogen (secondary N) is 1. The molecule has 0 amide bonds. The molecule has 12 heavy (non-hydrogen) atoms. The van der Waals surface area contributed by atoms with Crippen molar-refractivity contribution in [2.75, 3.05) is 0 Å². The van der Waals surface area contributed by atoms with Gasteiger partial charge in [-0.2, -0.15) is 0 Å². The highest BCUT2D eigenvalue weighted by Crippen LogP contribution is 1.93. The first-order chi connectivity index (χ1) is 5.79. The number of allylic oxidation sites excluding steroid dienone is 1. The third-order valence-corrected chi connectivity index (χ3v) is 1.02. The van der Waals surface area contributed by atoms with Crippen molar-refractivity contribution in [3.63, 3.8) is 0 Å². The van der Waals surface area contributed by atoms with E-state index in [0.717, 1.165) is 5.69 Å². The van der Waals surface area contributed by atoms with Gasteiger partial charge in [-0.15, -0.1) is 0 Å². The molecule has 1 aromatic heterocycles. The van der Waals surface area contributed by atoms with Crippen molar-refractivity contribution in [2.24, 2.45) is 0 Å². The fourth-order valence-electron chi connectivity index (χ4n) is 0.565. The van der Waals surface area contributed by atoms with Crippen LogP contribution in [0, 0.1) is 0 Å². The smallest absolute Gasteiger partial charge is 0.152 e. The van der Waals surface area contributed by atoms with E-state index in [4.69, 9.17) is 0 Å². The van der Waals surface area contributed by atoms with Crippen molar-refractivity contribution >= 4 is 11.9 Å². The Labute approximate surface area is 72.5 Å². The van der Waals surface area contributed by atoms with Crippen LogP contribution < -0.4 is 0 Å². The van der Waals surface area contributed by atoms with Crippen LogP contribution in [0.25, 0.3) is 6.08 Å². The number of nitrogens with zero attached hydrogens (tertiary/aromatic N) is 1. The van der Waals surface area contributed by atoms with Gasteiger partial charge in [-0.25, -0.2) is 4.98 Å². The molecule has 0 saturated carbocycles. The number of hydrogen-bond donors (Lipinski definition) is 1. The summed E-state index contributed by atoms with van der Waals surface area (Å²) >= 11 is 0. The lowest BCUT2D eigenvalue weighted by Gasteiger charge is -1.79. The Morgan fingerprint density at radius 1 is 1.58 bits per heavy atom. The maximum absolute atomic E-state index is 10.4. The van der Waals surface area contributed by atoms with Gasteiger partial charge in [0.05, 0.1) is 18.2 Å². The topological polar surface area (TPSA) is 45.8 Å². The molecule has 0 aliphatic heterocycles. The van der Waals surface area contributed by atoms with E-state index in [1.54, 1.807) is 18.6 Å². The minimum atomic E-state index is 0.0367. The van der Waals surface area contributed by atoms with E-state index in [9.17, 15) is 4.79 Å². The highest BCUT2D eigenvalue weighted by Gasteiger charge is 1.85. The Kier molecular flexibility index (Phi) is 5.61. The largest absolute Gasteiger partial charge is 0.345 e. The monoisotopic (exact) mass is 166 g/mol. The molecule has 0 aliphatic rings. The third-order valence-electron chi connectivity index (χ3n) is 1.02. The van der Waals surface area contributed by atoms with Crippen molar-refractivity contribution in [3.05, 3.63) is 24.3 Å². The average Bonchev–Trinajstić information content (AvgIpc) is 2.56. The van der Waals surface area contributed by atoms with E-state index < -0.39 is 0 Å². The molecule has 66 valence electrons. The number of imidazole rings is 1. The molecular weight excluding hydrogens is 152 g/mol.